The number of ether oxygens (including phenoxy) is 1. The molecule has 28 heavy (non-hydrogen) atoms. The van der Waals surface area contributed by atoms with Gasteiger partial charge in [-0.2, -0.15) is 0 Å². The van der Waals surface area contributed by atoms with Crippen LogP contribution in [-0.4, -0.2) is 38.7 Å². The summed E-state index contributed by atoms with van der Waals surface area (Å²) in [6, 6.07) is 14.4. The third kappa shape index (κ3) is 4.79. The summed E-state index contributed by atoms with van der Waals surface area (Å²) in [7, 11) is 0. The van der Waals surface area contributed by atoms with Crippen LogP contribution in [0.5, 0.6) is 0 Å². The van der Waals surface area contributed by atoms with Crippen LogP contribution in [-0.2, 0) is 20.7 Å². The highest BCUT2D eigenvalue weighted by molar-refractivity contribution is 5.94. The van der Waals surface area contributed by atoms with Gasteiger partial charge < -0.3 is 10.1 Å². The van der Waals surface area contributed by atoms with Crippen molar-refractivity contribution < 1.29 is 14.3 Å². The molecule has 8 heteroatoms. The Hall–Kier alpha value is -3.55. The standard InChI is InChI=1S/C20H21N5O3/c1-14-7-6-8-15(2)19(14)22-18(26)12-28-20(27)17(25-13-21-23-24-25)11-16-9-4-3-5-10-16/h3-10,13,17H,11-12H2,1-2H3,(H,22,26)/t17-/m1/s1. The highest BCUT2D eigenvalue weighted by Crippen LogP contribution is 2.19. The normalized spacial score (nSPS) is 11.6. The van der Waals surface area contributed by atoms with Crippen LogP contribution in [0, 0.1) is 13.8 Å². The molecule has 1 amide bonds. The number of aryl methyl sites for hydroxylation is 2. The van der Waals surface area contributed by atoms with Gasteiger partial charge in [-0.05, 0) is 41.0 Å². The fourth-order valence-corrected chi connectivity index (χ4v) is 2.85. The van der Waals surface area contributed by atoms with Crippen LogP contribution >= 0.6 is 0 Å². The van der Waals surface area contributed by atoms with Crippen molar-refractivity contribution in [2.24, 2.45) is 0 Å². The largest absolute Gasteiger partial charge is 0.454 e. The maximum atomic E-state index is 12.6. The molecule has 0 radical (unpaired) electrons. The first-order valence-electron chi connectivity index (χ1n) is 8.83. The van der Waals surface area contributed by atoms with Gasteiger partial charge in [-0.3, -0.25) is 4.79 Å². The Morgan fingerprint density at radius 1 is 1.07 bits per heavy atom. The van der Waals surface area contributed by atoms with Crippen LogP contribution in [0.3, 0.4) is 0 Å². The van der Waals surface area contributed by atoms with Crippen molar-refractivity contribution in [3.05, 3.63) is 71.5 Å². The van der Waals surface area contributed by atoms with Gasteiger partial charge in [-0.1, -0.05) is 48.5 Å². The molecule has 0 saturated carbocycles. The number of aromatic nitrogens is 4. The van der Waals surface area contributed by atoms with Crippen molar-refractivity contribution in [1.29, 1.82) is 0 Å². The van der Waals surface area contributed by atoms with E-state index in [-0.39, 0.29) is 6.61 Å². The zero-order valence-corrected chi connectivity index (χ0v) is 15.7. The minimum absolute atomic E-state index is 0.350. The lowest BCUT2D eigenvalue weighted by Crippen LogP contribution is -2.28. The predicted octanol–water partition coefficient (Wildman–Crippen LogP) is 2.26. The minimum atomic E-state index is -0.759. The molecule has 0 saturated heterocycles. The third-order valence-corrected chi connectivity index (χ3v) is 4.32. The number of amides is 1. The van der Waals surface area contributed by atoms with Crippen molar-refractivity contribution >= 4 is 17.6 Å². The van der Waals surface area contributed by atoms with E-state index in [0.29, 0.717) is 6.42 Å². The summed E-state index contributed by atoms with van der Waals surface area (Å²) in [5, 5.41) is 13.8. The Morgan fingerprint density at radius 3 is 2.43 bits per heavy atom. The number of hydrogen-bond acceptors (Lipinski definition) is 6. The van der Waals surface area contributed by atoms with E-state index in [1.165, 1.54) is 11.0 Å². The zero-order valence-electron chi connectivity index (χ0n) is 15.7. The van der Waals surface area contributed by atoms with Gasteiger partial charge in [0.15, 0.2) is 12.6 Å². The fraction of sp³-hybridized carbons (Fsp3) is 0.250. The summed E-state index contributed by atoms with van der Waals surface area (Å²) in [6.07, 6.45) is 1.70. The van der Waals surface area contributed by atoms with E-state index in [0.717, 1.165) is 22.4 Å². The van der Waals surface area contributed by atoms with Gasteiger partial charge >= 0.3 is 5.97 Å². The van der Waals surface area contributed by atoms with Gasteiger partial charge in [0.25, 0.3) is 5.91 Å². The summed E-state index contributed by atoms with van der Waals surface area (Å²) in [4.78, 5) is 24.9. The molecule has 3 rings (SSSR count). The van der Waals surface area contributed by atoms with Gasteiger partial charge in [0, 0.05) is 12.1 Å². The lowest BCUT2D eigenvalue weighted by Gasteiger charge is -2.16. The topological polar surface area (TPSA) is 99.0 Å². The van der Waals surface area contributed by atoms with Gasteiger partial charge in [-0.15, -0.1) is 5.10 Å². The molecule has 8 nitrogen and oxygen atoms in total. The van der Waals surface area contributed by atoms with Crippen LogP contribution in [0.1, 0.15) is 22.7 Å². The second-order valence-corrected chi connectivity index (χ2v) is 6.42. The van der Waals surface area contributed by atoms with E-state index in [9.17, 15) is 9.59 Å². The molecule has 0 unspecified atom stereocenters. The number of anilines is 1. The molecule has 0 aliphatic carbocycles. The quantitative estimate of drug-likeness (QED) is 0.632. The number of nitrogens with one attached hydrogen (secondary N) is 1. The third-order valence-electron chi connectivity index (χ3n) is 4.32. The van der Waals surface area contributed by atoms with E-state index >= 15 is 0 Å². The lowest BCUT2D eigenvalue weighted by atomic mass is 10.1. The first-order valence-corrected chi connectivity index (χ1v) is 8.83. The maximum absolute atomic E-state index is 12.6. The smallest absolute Gasteiger partial charge is 0.331 e. The summed E-state index contributed by atoms with van der Waals surface area (Å²) in [5.41, 5.74) is 3.54. The molecular weight excluding hydrogens is 358 g/mol. The number of esters is 1. The second kappa shape index (κ2) is 8.90. The molecule has 0 aliphatic rings. The summed E-state index contributed by atoms with van der Waals surface area (Å²) < 4.78 is 6.58. The molecule has 1 N–H and O–H groups in total. The van der Waals surface area contributed by atoms with Crippen LogP contribution in [0.4, 0.5) is 5.69 Å². The molecule has 1 atom stereocenters. The minimum Gasteiger partial charge on any atom is -0.454 e. The Bertz CT molecular complexity index is 921. The van der Waals surface area contributed by atoms with Crippen LogP contribution < -0.4 is 5.32 Å². The average molecular weight is 379 g/mol. The number of tetrazole rings is 1. The highest BCUT2D eigenvalue weighted by Gasteiger charge is 2.25. The fourth-order valence-electron chi connectivity index (χ4n) is 2.85. The lowest BCUT2D eigenvalue weighted by molar-refractivity contribution is -0.151. The summed E-state index contributed by atoms with van der Waals surface area (Å²) in [5.74, 6) is -0.978. The van der Waals surface area contributed by atoms with Crippen LogP contribution in [0.15, 0.2) is 54.9 Å². The first-order chi connectivity index (χ1) is 13.5. The molecule has 0 fully saturated rings. The van der Waals surface area contributed by atoms with Crippen molar-refractivity contribution in [2.45, 2.75) is 26.3 Å². The van der Waals surface area contributed by atoms with Gasteiger partial charge in [0.05, 0.1) is 0 Å². The number of hydrogen-bond donors (Lipinski definition) is 1. The second-order valence-electron chi connectivity index (χ2n) is 6.42. The molecule has 144 valence electrons. The van der Waals surface area contributed by atoms with E-state index in [4.69, 9.17) is 4.74 Å². The monoisotopic (exact) mass is 379 g/mol. The number of carbonyl (C=O) groups is 2. The van der Waals surface area contributed by atoms with Gasteiger partial charge in [0.2, 0.25) is 0 Å². The van der Waals surface area contributed by atoms with E-state index in [2.05, 4.69) is 20.8 Å². The molecule has 3 aromatic rings. The van der Waals surface area contributed by atoms with Crippen molar-refractivity contribution in [3.8, 4) is 0 Å². The Balaban J connectivity index is 1.64. The molecule has 0 spiro atoms. The Labute approximate surface area is 162 Å². The number of para-hydroxylation sites is 1. The SMILES string of the molecule is Cc1cccc(C)c1NC(=O)COC(=O)[C@@H](Cc1ccccc1)n1cnnn1. The summed E-state index contributed by atoms with van der Waals surface area (Å²) in [6.45, 7) is 3.42. The molecule has 0 bridgehead atoms. The highest BCUT2D eigenvalue weighted by atomic mass is 16.5. The molecular formula is C20H21N5O3. The van der Waals surface area contributed by atoms with Crippen molar-refractivity contribution in [2.75, 3.05) is 11.9 Å². The predicted molar refractivity (Wildman–Crippen MR) is 103 cm³/mol. The number of rotatable bonds is 7. The van der Waals surface area contributed by atoms with E-state index < -0.39 is 17.9 Å². The molecule has 1 aromatic heterocycles. The van der Waals surface area contributed by atoms with Gasteiger partial charge in [0.1, 0.15) is 6.33 Å². The Morgan fingerprint density at radius 2 is 1.79 bits per heavy atom. The van der Waals surface area contributed by atoms with Crippen molar-refractivity contribution in [1.82, 2.24) is 20.2 Å². The molecule has 0 aliphatic heterocycles. The van der Waals surface area contributed by atoms with Crippen LogP contribution in [0.2, 0.25) is 0 Å². The number of benzene rings is 2. The van der Waals surface area contributed by atoms with E-state index in [1.807, 2.05) is 62.4 Å². The molecule has 2 aromatic carbocycles. The average Bonchev–Trinajstić information content (AvgIpc) is 3.22. The van der Waals surface area contributed by atoms with E-state index in [1.54, 1.807) is 0 Å². The summed E-state index contributed by atoms with van der Waals surface area (Å²) >= 11 is 0. The number of carbonyl (C=O) groups excluding carboxylic acids is 2. The zero-order chi connectivity index (χ0) is 19.9. The van der Waals surface area contributed by atoms with Crippen molar-refractivity contribution in [3.63, 3.8) is 0 Å². The molecule has 1 heterocycles. The maximum Gasteiger partial charge on any atom is 0.331 e. The number of nitrogens with zero attached hydrogens (tertiary/aromatic N) is 4. The van der Waals surface area contributed by atoms with Gasteiger partial charge in [-0.25, -0.2) is 9.48 Å². The Kier molecular flexibility index (Phi) is 6.11. The first kappa shape index (κ1) is 19.2. The van der Waals surface area contributed by atoms with Crippen LogP contribution in [0.25, 0.3) is 0 Å².